The van der Waals surface area contributed by atoms with Gasteiger partial charge in [-0.15, -0.1) is 0 Å². The molecule has 5 nitrogen and oxygen atoms in total. The molecule has 17 heavy (non-hydrogen) atoms. The standard InChI is InChI=1S/C12H22N4O/c1-4-5-11-14-12(17-15-11)8-16-9(2)6-13-7-10(16)3/h9-10,13H,4-8H2,1-3H3. The van der Waals surface area contributed by atoms with Crippen molar-refractivity contribution in [1.29, 1.82) is 0 Å². The number of piperazine rings is 1. The summed E-state index contributed by atoms with van der Waals surface area (Å²) in [5.41, 5.74) is 0. The van der Waals surface area contributed by atoms with Gasteiger partial charge in [-0.05, 0) is 20.3 Å². The fourth-order valence-corrected chi connectivity index (χ4v) is 2.32. The van der Waals surface area contributed by atoms with Crippen molar-refractivity contribution in [3.63, 3.8) is 0 Å². The molecule has 0 radical (unpaired) electrons. The van der Waals surface area contributed by atoms with Crippen LogP contribution < -0.4 is 5.32 Å². The first-order valence-electron chi connectivity index (χ1n) is 6.48. The zero-order valence-corrected chi connectivity index (χ0v) is 10.9. The quantitative estimate of drug-likeness (QED) is 0.854. The van der Waals surface area contributed by atoms with E-state index in [9.17, 15) is 0 Å². The molecular formula is C12H22N4O. The van der Waals surface area contributed by atoms with E-state index in [-0.39, 0.29) is 0 Å². The summed E-state index contributed by atoms with van der Waals surface area (Å²) in [7, 11) is 0. The van der Waals surface area contributed by atoms with Crippen LogP contribution in [-0.2, 0) is 13.0 Å². The Morgan fingerprint density at radius 2 is 2.06 bits per heavy atom. The van der Waals surface area contributed by atoms with Gasteiger partial charge in [0.1, 0.15) is 0 Å². The van der Waals surface area contributed by atoms with Gasteiger partial charge in [0.05, 0.1) is 6.54 Å². The molecule has 2 atom stereocenters. The lowest BCUT2D eigenvalue weighted by Crippen LogP contribution is -2.54. The third kappa shape index (κ3) is 3.04. The van der Waals surface area contributed by atoms with E-state index in [1.165, 1.54) is 0 Å². The van der Waals surface area contributed by atoms with Crippen molar-refractivity contribution < 1.29 is 4.52 Å². The Bertz CT molecular complexity index is 342. The van der Waals surface area contributed by atoms with Gasteiger partial charge in [0.2, 0.25) is 5.89 Å². The molecule has 0 bridgehead atoms. The molecule has 1 aromatic rings. The third-order valence-electron chi connectivity index (χ3n) is 3.31. The van der Waals surface area contributed by atoms with E-state index in [0.717, 1.165) is 44.2 Å². The van der Waals surface area contributed by atoms with Crippen LogP contribution in [0.1, 0.15) is 38.9 Å². The van der Waals surface area contributed by atoms with Crippen molar-refractivity contribution in [2.24, 2.45) is 0 Å². The minimum atomic E-state index is 0.514. The molecule has 0 amide bonds. The van der Waals surface area contributed by atoms with E-state index in [1.54, 1.807) is 0 Å². The predicted octanol–water partition coefficient (Wildman–Crippen LogP) is 1.20. The Balaban J connectivity index is 1.98. The Labute approximate surface area is 103 Å². The zero-order chi connectivity index (χ0) is 12.3. The van der Waals surface area contributed by atoms with Gasteiger partial charge >= 0.3 is 0 Å². The van der Waals surface area contributed by atoms with Gasteiger partial charge in [0.25, 0.3) is 0 Å². The lowest BCUT2D eigenvalue weighted by atomic mass is 10.1. The normalized spacial score (nSPS) is 26.3. The number of rotatable bonds is 4. The molecule has 2 unspecified atom stereocenters. The maximum atomic E-state index is 5.29. The smallest absolute Gasteiger partial charge is 0.240 e. The minimum absolute atomic E-state index is 0.514. The highest BCUT2D eigenvalue weighted by atomic mass is 16.5. The van der Waals surface area contributed by atoms with Gasteiger partial charge in [-0.1, -0.05) is 12.1 Å². The van der Waals surface area contributed by atoms with Crippen molar-refractivity contribution in [3.8, 4) is 0 Å². The number of aryl methyl sites for hydroxylation is 1. The molecule has 1 saturated heterocycles. The molecular weight excluding hydrogens is 216 g/mol. The van der Waals surface area contributed by atoms with Crippen LogP contribution in [0, 0.1) is 0 Å². The molecule has 1 aliphatic heterocycles. The maximum Gasteiger partial charge on any atom is 0.240 e. The van der Waals surface area contributed by atoms with E-state index in [2.05, 4.69) is 41.1 Å². The Kier molecular flexibility index (Phi) is 4.12. The summed E-state index contributed by atoms with van der Waals surface area (Å²) >= 11 is 0. The first kappa shape index (κ1) is 12.5. The third-order valence-corrected chi connectivity index (χ3v) is 3.31. The molecule has 1 N–H and O–H groups in total. The van der Waals surface area contributed by atoms with Crippen LogP contribution in [0.5, 0.6) is 0 Å². The summed E-state index contributed by atoms with van der Waals surface area (Å²) in [4.78, 5) is 6.84. The molecule has 1 aliphatic rings. The Hall–Kier alpha value is -0.940. The van der Waals surface area contributed by atoms with Crippen molar-refractivity contribution in [1.82, 2.24) is 20.4 Å². The van der Waals surface area contributed by atoms with Crippen LogP contribution in [-0.4, -0.2) is 40.2 Å². The molecule has 2 rings (SSSR count). The molecule has 0 saturated carbocycles. The highest BCUT2D eigenvalue weighted by Gasteiger charge is 2.26. The predicted molar refractivity (Wildman–Crippen MR) is 65.6 cm³/mol. The molecule has 2 heterocycles. The maximum absolute atomic E-state index is 5.29. The molecule has 1 fully saturated rings. The largest absolute Gasteiger partial charge is 0.338 e. The number of nitrogens with one attached hydrogen (secondary N) is 1. The molecule has 1 aromatic heterocycles. The first-order chi connectivity index (χ1) is 8.20. The summed E-state index contributed by atoms with van der Waals surface area (Å²) in [5, 5.41) is 7.41. The average Bonchev–Trinajstić information content (AvgIpc) is 2.72. The molecule has 0 aliphatic carbocycles. The van der Waals surface area contributed by atoms with Crippen LogP contribution in [0.2, 0.25) is 0 Å². The summed E-state index contributed by atoms with van der Waals surface area (Å²) in [5.74, 6) is 1.58. The second-order valence-electron chi connectivity index (χ2n) is 4.88. The summed E-state index contributed by atoms with van der Waals surface area (Å²) in [6.07, 6.45) is 1.95. The fourth-order valence-electron chi connectivity index (χ4n) is 2.32. The van der Waals surface area contributed by atoms with E-state index >= 15 is 0 Å². The number of nitrogens with zero attached hydrogens (tertiary/aromatic N) is 3. The van der Waals surface area contributed by atoms with Crippen LogP contribution in [0.4, 0.5) is 0 Å². The summed E-state index contributed by atoms with van der Waals surface area (Å²) in [6.45, 7) is 9.40. The number of aromatic nitrogens is 2. The van der Waals surface area contributed by atoms with Crippen LogP contribution in [0.15, 0.2) is 4.52 Å². The van der Waals surface area contributed by atoms with Crippen molar-refractivity contribution in [2.75, 3.05) is 13.1 Å². The molecule has 0 spiro atoms. The highest BCUT2D eigenvalue weighted by molar-refractivity contribution is 4.90. The van der Waals surface area contributed by atoms with Gasteiger partial charge in [0, 0.05) is 31.6 Å². The fraction of sp³-hybridized carbons (Fsp3) is 0.833. The first-order valence-corrected chi connectivity index (χ1v) is 6.48. The van der Waals surface area contributed by atoms with E-state index in [1.807, 2.05) is 0 Å². The summed E-state index contributed by atoms with van der Waals surface area (Å²) in [6, 6.07) is 1.03. The topological polar surface area (TPSA) is 54.2 Å². The van der Waals surface area contributed by atoms with E-state index in [0.29, 0.717) is 12.1 Å². The van der Waals surface area contributed by atoms with Crippen LogP contribution in [0.25, 0.3) is 0 Å². The number of hydrogen-bond acceptors (Lipinski definition) is 5. The van der Waals surface area contributed by atoms with Gasteiger partial charge in [0.15, 0.2) is 5.82 Å². The molecule has 5 heteroatoms. The van der Waals surface area contributed by atoms with Gasteiger partial charge in [-0.3, -0.25) is 4.90 Å². The van der Waals surface area contributed by atoms with Crippen LogP contribution in [0.3, 0.4) is 0 Å². The molecule has 96 valence electrons. The molecule has 0 aromatic carbocycles. The SMILES string of the molecule is CCCc1noc(CN2C(C)CNCC2C)n1. The van der Waals surface area contributed by atoms with E-state index in [4.69, 9.17) is 4.52 Å². The lowest BCUT2D eigenvalue weighted by Gasteiger charge is -2.38. The van der Waals surface area contributed by atoms with Gasteiger partial charge < -0.3 is 9.84 Å². The van der Waals surface area contributed by atoms with E-state index < -0.39 is 0 Å². The van der Waals surface area contributed by atoms with Gasteiger partial charge in [-0.2, -0.15) is 4.98 Å². The Morgan fingerprint density at radius 3 is 2.71 bits per heavy atom. The summed E-state index contributed by atoms with van der Waals surface area (Å²) < 4.78 is 5.29. The monoisotopic (exact) mass is 238 g/mol. The second kappa shape index (κ2) is 5.60. The van der Waals surface area contributed by atoms with Crippen molar-refractivity contribution >= 4 is 0 Å². The van der Waals surface area contributed by atoms with Crippen LogP contribution >= 0.6 is 0 Å². The zero-order valence-electron chi connectivity index (χ0n) is 10.9. The second-order valence-corrected chi connectivity index (χ2v) is 4.88. The number of hydrogen-bond donors (Lipinski definition) is 1. The Morgan fingerprint density at radius 1 is 1.35 bits per heavy atom. The lowest BCUT2D eigenvalue weighted by molar-refractivity contribution is 0.0947. The van der Waals surface area contributed by atoms with Crippen molar-refractivity contribution in [2.45, 2.75) is 52.2 Å². The van der Waals surface area contributed by atoms with Crippen molar-refractivity contribution in [3.05, 3.63) is 11.7 Å². The highest BCUT2D eigenvalue weighted by Crippen LogP contribution is 2.13. The average molecular weight is 238 g/mol. The minimum Gasteiger partial charge on any atom is -0.338 e. The van der Waals surface area contributed by atoms with Gasteiger partial charge in [-0.25, -0.2) is 0 Å².